The summed E-state index contributed by atoms with van der Waals surface area (Å²) in [6.07, 6.45) is 2.18. The lowest BCUT2D eigenvalue weighted by Crippen LogP contribution is -2.17. The van der Waals surface area contributed by atoms with Crippen LogP contribution in [-0.2, 0) is 16.3 Å². The van der Waals surface area contributed by atoms with Gasteiger partial charge in [0.05, 0.1) is 6.20 Å². The molecule has 1 rings (SSSR count). The van der Waals surface area contributed by atoms with Crippen LogP contribution in [0.1, 0.15) is 24.5 Å². The van der Waals surface area contributed by atoms with Gasteiger partial charge in [-0.25, -0.2) is 4.98 Å². The maximum Gasteiger partial charge on any atom is 0.228 e. The fraction of sp³-hybridized carbons (Fsp3) is 0.500. The zero-order chi connectivity index (χ0) is 12.1. The Balaban J connectivity index is 2.82. The molecule has 88 valence electrons. The molecule has 6 nitrogen and oxygen atoms in total. The van der Waals surface area contributed by atoms with Gasteiger partial charge < -0.3 is 14.6 Å². The number of aldehydes is 1. The number of carbonyl (C=O) groups excluding carboxylic acids is 2. The molecule has 0 radical (unpaired) electrons. The van der Waals surface area contributed by atoms with Gasteiger partial charge in [0.2, 0.25) is 5.91 Å². The van der Waals surface area contributed by atoms with E-state index in [0.29, 0.717) is 12.1 Å². The lowest BCUT2D eigenvalue weighted by Gasteiger charge is -2.03. The number of hydrogen-bond donors (Lipinski definition) is 1. The molecule has 1 N–H and O–H groups in total. The molecule has 1 aromatic rings. The highest BCUT2D eigenvalue weighted by molar-refractivity contribution is 5.91. The Kier molecular flexibility index (Phi) is 4.19. The molecule has 0 spiro atoms. The van der Waals surface area contributed by atoms with Crippen molar-refractivity contribution in [3.05, 3.63) is 12.0 Å². The van der Waals surface area contributed by atoms with Crippen LogP contribution in [0.15, 0.2) is 6.20 Å². The van der Waals surface area contributed by atoms with Gasteiger partial charge in [0.25, 0.3) is 0 Å². The van der Waals surface area contributed by atoms with Crippen molar-refractivity contribution in [1.29, 1.82) is 0 Å². The number of amides is 1. The molecule has 0 unspecified atom stereocenters. The number of hydrogen-bond acceptors (Lipinski definition) is 4. The first kappa shape index (κ1) is 12.4. The fourth-order valence-electron chi connectivity index (χ4n) is 1.10. The summed E-state index contributed by atoms with van der Waals surface area (Å²) in [4.78, 5) is 26.0. The average molecular weight is 225 g/mol. The van der Waals surface area contributed by atoms with Crippen molar-refractivity contribution in [1.82, 2.24) is 9.55 Å². The predicted octanol–water partition coefficient (Wildman–Crippen LogP) is 0.894. The minimum atomic E-state index is -0.139. The second-order valence-electron chi connectivity index (χ2n) is 3.63. The standard InChI is InChI=1S/C10H15N3O3/c1-7(2)10(15)12-8-4-13(6-16-3)9(5-14)11-8/h4-5,7H,6H2,1-3H3,(H,12,15). The summed E-state index contributed by atoms with van der Waals surface area (Å²) < 4.78 is 6.40. The van der Waals surface area contributed by atoms with Crippen LogP contribution in [-0.4, -0.2) is 28.9 Å². The molecule has 0 aliphatic rings. The highest BCUT2D eigenvalue weighted by atomic mass is 16.5. The van der Waals surface area contributed by atoms with E-state index in [2.05, 4.69) is 10.3 Å². The summed E-state index contributed by atoms with van der Waals surface area (Å²) in [5.74, 6) is 0.311. The molecule has 0 bridgehead atoms. The third-order valence-electron chi connectivity index (χ3n) is 1.96. The molecule has 0 aliphatic heterocycles. The molecule has 1 aromatic heterocycles. The van der Waals surface area contributed by atoms with Gasteiger partial charge in [-0.3, -0.25) is 9.59 Å². The number of nitrogens with one attached hydrogen (secondary N) is 1. The van der Waals surface area contributed by atoms with E-state index < -0.39 is 0 Å². The van der Waals surface area contributed by atoms with Crippen molar-refractivity contribution < 1.29 is 14.3 Å². The van der Waals surface area contributed by atoms with Crippen LogP contribution in [0.25, 0.3) is 0 Å². The van der Waals surface area contributed by atoms with Crippen LogP contribution in [0.3, 0.4) is 0 Å². The molecular formula is C10H15N3O3. The van der Waals surface area contributed by atoms with Crippen LogP contribution < -0.4 is 5.32 Å². The van der Waals surface area contributed by atoms with E-state index in [1.165, 1.54) is 11.7 Å². The first-order valence-corrected chi connectivity index (χ1v) is 4.90. The molecule has 16 heavy (non-hydrogen) atoms. The van der Waals surface area contributed by atoms with Gasteiger partial charge in [-0.1, -0.05) is 13.8 Å². The van der Waals surface area contributed by atoms with E-state index in [1.807, 2.05) is 0 Å². The Bertz CT molecular complexity index is 385. The van der Waals surface area contributed by atoms with E-state index >= 15 is 0 Å². The lowest BCUT2D eigenvalue weighted by atomic mass is 10.2. The van der Waals surface area contributed by atoms with Gasteiger partial charge in [-0.05, 0) is 0 Å². The van der Waals surface area contributed by atoms with Crippen LogP contribution in [0, 0.1) is 5.92 Å². The maximum atomic E-state index is 11.4. The molecule has 0 atom stereocenters. The summed E-state index contributed by atoms with van der Waals surface area (Å²) >= 11 is 0. The molecule has 0 aliphatic carbocycles. The second-order valence-corrected chi connectivity index (χ2v) is 3.63. The number of nitrogens with zero attached hydrogens (tertiary/aromatic N) is 2. The molecule has 6 heteroatoms. The summed E-state index contributed by atoms with van der Waals surface area (Å²) in [6.45, 7) is 3.78. The second kappa shape index (κ2) is 5.41. The summed E-state index contributed by atoms with van der Waals surface area (Å²) in [6, 6.07) is 0. The van der Waals surface area contributed by atoms with E-state index in [4.69, 9.17) is 4.74 Å². The average Bonchev–Trinajstić information content (AvgIpc) is 2.60. The summed E-state index contributed by atoms with van der Waals surface area (Å²) in [7, 11) is 1.51. The number of anilines is 1. The van der Waals surface area contributed by atoms with Crippen molar-refractivity contribution in [3.8, 4) is 0 Å². The van der Waals surface area contributed by atoms with Crippen LogP contribution in [0.4, 0.5) is 5.82 Å². The molecule has 0 saturated heterocycles. The number of aromatic nitrogens is 2. The fourth-order valence-corrected chi connectivity index (χ4v) is 1.10. The highest BCUT2D eigenvalue weighted by Gasteiger charge is 2.11. The number of carbonyl (C=O) groups is 2. The Hall–Kier alpha value is -1.69. The monoisotopic (exact) mass is 225 g/mol. The maximum absolute atomic E-state index is 11.4. The Morgan fingerprint density at radius 3 is 2.88 bits per heavy atom. The van der Waals surface area contributed by atoms with Gasteiger partial charge >= 0.3 is 0 Å². The van der Waals surface area contributed by atoms with Crippen molar-refractivity contribution in [2.45, 2.75) is 20.6 Å². The molecule has 1 amide bonds. The normalized spacial score (nSPS) is 10.5. The Morgan fingerprint density at radius 2 is 2.38 bits per heavy atom. The van der Waals surface area contributed by atoms with Crippen molar-refractivity contribution in [2.24, 2.45) is 5.92 Å². The van der Waals surface area contributed by atoms with Gasteiger partial charge in [-0.2, -0.15) is 0 Å². The number of imidazole rings is 1. The van der Waals surface area contributed by atoms with E-state index in [-0.39, 0.29) is 24.4 Å². The molecule has 0 fully saturated rings. The molecule has 1 heterocycles. The lowest BCUT2D eigenvalue weighted by molar-refractivity contribution is -0.118. The SMILES string of the molecule is COCn1cc(NC(=O)C(C)C)nc1C=O. The van der Waals surface area contributed by atoms with Crippen LogP contribution in [0.5, 0.6) is 0 Å². The smallest absolute Gasteiger partial charge is 0.228 e. The summed E-state index contributed by atoms with van der Waals surface area (Å²) in [5, 5.41) is 2.61. The van der Waals surface area contributed by atoms with Crippen molar-refractivity contribution >= 4 is 18.0 Å². The first-order chi connectivity index (χ1) is 7.58. The highest BCUT2D eigenvalue weighted by Crippen LogP contribution is 2.08. The third kappa shape index (κ3) is 2.90. The number of rotatable bonds is 5. The van der Waals surface area contributed by atoms with Gasteiger partial charge in [0, 0.05) is 13.0 Å². The molecule has 0 saturated carbocycles. The van der Waals surface area contributed by atoms with Gasteiger partial charge in [0.1, 0.15) is 6.73 Å². The van der Waals surface area contributed by atoms with Gasteiger partial charge in [0.15, 0.2) is 17.9 Å². The Labute approximate surface area is 93.6 Å². The van der Waals surface area contributed by atoms with Crippen LogP contribution in [0.2, 0.25) is 0 Å². The predicted molar refractivity (Wildman–Crippen MR) is 58.1 cm³/mol. The first-order valence-electron chi connectivity index (χ1n) is 4.90. The zero-order valence-electron chi connectivity index (χ0n) is 9.56. The minimum absolute atomic E-state index is 0.132. The number of methoxy groups -OCH3 is 1. The van der Waals surface area contributed by atoms with Crippen molar-refractivity contribution in [2.75, 3.05) is 12.4 Å². The van der Waals surface area contributed by atoms with Gasteiger partial charge in [-0.15, -0.1) is 0 Å². The minimum Gasteiger partial charge on any atom is -0.364 e. The van der Waals surface area contributed by atoms with Crippen LogP contribution >= 0.6 is 0 Å². The van der Waals surface area contributed by atoms with E-state index in [0.717, 1.165) is 0 Å². The van der Waals surface area contributed by atoms with E-state index in [9.17, 15) is 9.59 Å². The zero-order valence-corrected chi connectivity index (χ0v) is 9.56. The summed E-state index contributed by atoms with van der Waals surface area (Å²) in [5.41, 5.74) is 0. The van der Waals surface area contributed by atoms with E-state index in [1.54, 1.807) is 20.0 Å². The Morgan fingerprint density at radius 1 is 1.69 bits per heavy atom. The van der Waals surface area contributed by atoms with Crippen molar-refractivity contribution in [3.63, 3.8) is 0 Å². The molecular weight excluding hydrogens is 210 g/mol. The molecule has 0 aromatic carbocycles. The number of ether oxygens (including phenoxy) is 1. The topological polar surface area (TPSA) is 73.2 Å². The third-order valence-corrected chi connectivity index (χ3v) is 1.96. The largest absolute Gasteiger partial charge is 0.364 e. The quantitative estimate of drug-likeness (QED) is 0.755.